The van der Waals surface area contributed by atoms with Gasteiger partial charge in [0.2, 0.25) is 0 Å². The number of carbonyl (C=O) groups excluding carboxylic acids is 2. The Bertz CT molecular complexity index is 538. The van der Waals surface area contributed by atoms with Crippen molar-refractivity contribution in [1.82, 2.24) is 0 Å². The second kappa shape index (κ2) is 7.99. The molecule has 5 heteroatoms. The highest BCUT2D eigenvalue weighted by Crippen LogP contribution is 2.27. The number of Topliss-reactive ketones (excluding diaryl/α,β-unsaturated/α-hetero) is 1. The molecule has 2 unspecified atom stereocenters. The van der Waals surface area contributed by atoms with E-state index in [9.17, 15) is 9.59 Å². The van der Waals surface area contributed by atoms with Crippen LogP contribution < -0.4 is 10.1 Å². The second-order valence-corrected chi connectivity index (χ2v) is 6.15. The van der Waals surface area contributed by atoms with Crippen LogP contribution in [0.25, 0.3) is 0 Å². The molecule has 1 aliphatic carbocycles. The summed E-state index contributed by atoms with van der Waals surface area (Å²) in [7, 11) is 1.60. The number of benzene rings is 1. The quantitative estimate of drug-likeness (QED) is 0.816. The minimum absolute atomic E-state index is 0.142. The van der Waals surface area contributed by atoms with Gasteiger partial charge in [-0.3, -0.25) is 4.79 Å². The summed E-state index contributed by atoms with van der Waals surface area (Å²) < 4.78 is 10.5. The van der Waals surface area contributed by atoms with Crippen molar-refractivity contribution in [2.45, 2.75) is 51.7 Å². The van der Waals surface area contributed by atoms with Gasteiger partial charge in [-0.25, -0.2) is 4.79 Å². The van der Waals surface area contributed by atoms with Crippen LogP contribution in [-0.2, 0) is 14.3 Å². The lowest BCUT2D eigenvalue weighted by Gasteiger charge is -2.29. The van der Waals surface area contributed by atoms with Crippen molar-refractivity contribution in [1.29, 1.82) is 0 Å². The third-order valence-electron chi connectivity index (χ3n) is 4.02. The van der Waals surface area contributed by atoms with Crippen LogP contribution in [0.15, 0.2) is 24.3 Å². The van der Waals surface area contributed by atoms with Gasteiger partial charge in [-0.2, -0.15) is 0 Å². The van der Waals surface area contributed by atoms with Crippen LogP contribution in [0.4, 0.5) is 5.69 Å². The van der Waals surface area contributed by atoms with Crippen LogP contribution in [0.2, 0.25) is 0 Å². The number of hydrogen-bond acceptors (Lipinski definition) is 5. The van der Waals surface area contributed by atoms with Crippen LogP contribution in [0.3, 0.4) is 0 Å². The molecule has 1 aromatic rings. The average molecular weight is 319 g/mol. The zero-order valence-electron chi connectivity index (χ0n) is 14.0. The highest BCUT2D eigenvalue weighted by Gasteiger charge is 2.36. The maximum Gasteiger partial charge on any atom is 0.329 e. The van der Waals surface area contributed by atoms with Gasteiger partial charge in [-0.1, -0.05) is 6.42 Å². The summed E-state index contributed by atoms with van der Waals surface area (Å²) >= 11 is 0. The van der Waals surface area contributed by atoms with Gasteiger partial charge in [0.25, 0.3) is 0 Å². The summed E-state index contributed by atoms with van der Waals surface area (Å²) in [4.78, 5) is 24.7. The van der Waals surface area contributed by atoms with E-state index in [4.69, 9.17) is 9.47 Å². The fourth-order valence-electron chi connectivity index (χ4n) is 2.86. The molecule has 0 aliphatic heterocycles. The molecule has 0 bridgehead atoms. The lowest BCUT2D eigenvalue weighted by atomic mass is 9.82. The van der Waals surface area contributed by atoms with Gasteiger partial charge in [-0.05, 0) is 51.0 Å². The summed E-state index contributed by atoms with van der Waals surface area (Å²) in [6, 6.07) is 6.66. The van der Waals surface area contributed by atoms with E-state index in [0.29, 0.717) is 6.42 Å². The molecular weight excluding hydrogens is 294 g/mol. The Morgan fingerprint density at radius 1 is 1.22 bits per heavy atom. The van der Waals surface area contributed by atoms with Crippen molar-refractivity contribution in [3.8, 4) is 5.75 Å². The van der Waals surface area contributed by atoms with Gasteiger partial charge >= 0.3 is 5.97 Å². The maximum absolute atomic E-state index is 12.5. The molecule has 1 aliphatic rings. The first-order chi connectivity index (χ1) is 11.0. The van der Waals surface area contributed by atoms with Gasteiger partial charge in [0.05, 0.1) is 13.2 Å². The minimum atomic E-state index is -0.640. The Labute approximate surface area is 137 Å². The maximum atomic E-state index is 12.5. The van der Waals surface area contributed by atoms with Gasteiger partial charge in [0, 0.05) is 18.0 Å². The smallest absolute Gasteiger partial charge is 0.329 e. The summed E-state index contributed by atoms with van der Waals surface area (Å²) in [5.74, 6) is 0.196. The normalized spacial score (nSPS) is 19.3. The van der Waals surface area contributed by atoms with Crippen LogP contribution in [0, 0.1) is 5.92 Å². The average Bonchev–Trinajstić information content (AvgIpc) is 2.53. The second-order valence-electron chi connectivity index (χ2n) is 6.15. The molecule has 0 aromatic heterocycles. The lowest BCUT2D eigenvalue weighted by Crippen LogP contribution is -2.44. The molecule has 0 amide bonds. The molecule has 2 rings (SSSR count). The first kappa shape index (κ1) is 17.3. The number of esters is 1. The molecule has 1 fully saturated rings. The minimum Gasteiger partial charge on any atom is -0.497 e. The summed E-state index contributed by atoms with van der Waals surface area (Å²) in [5.41, 5.74) is 0.773. The third-order valence-corrected chi connectivity index (χ3v) is 4.02. The van der Waals surface area contributed by atoms with Crippen molar-refractivity contribution >= 4 is 17.4 Å². The van der Waals surface area contributed by atoms with E-state index in [1.165, 1.54) is 0 Å². The van der Waals surface area contributed by atoms with E-state index in [-0.39, 0.29) is 23.8 Å². The molecule has 0 saturated heterocycles. The molecule has 23 heavy (non-hydrogen) atoms. The number of methoxy groups -OCH3 is 1. The van der Waals surface area contributed by atoms with Gasteiger partial charge in [0.1, 0.15) is 17.6 Å². The van der Waals surface area contributed by atoms with E-state index in [1.54, 1.807) is 7.11 Å². The Hall–Kier alpha value is -2.04. The van der Waals surface area contributed by atoms with Crippen LogP contribution in [-0.4, -0.2) is 31.0 Å². The van der Waals surface area contributed by atoms with E-state index >= 15 is 0 Å². The number of ketones is 1. The number of ether oxygens (including phenoxy) is 2. The van der Waals surface area contributed by atoms with Crippen LogP contribution in [0.1, 0.15) is 39.5 Å². The van der Waals surface area contributed by atoms with Crippen LogP contribution >= 0.6 is 0 Å². The van der Waals surface area contributed by atoms with E-state index < -0.39 is 6.04 Å². The van der Waals surface area contributed by atoms with Crippen molar-refractivity contribution in [3.63, 3.8) is 0 Å². The zero-order chi connectivity index (χ0) is 16.8. The lowest BCUT2D eigenvalue weighted by molar-refractivity contribution is -0.151. The zero-order valence-corrected chi connectivity index (χ0v) is 14.0. The van der Waals surface area contributed by atoms with Crippen molar-refractivity contribution in [2.75, 3.05) is 12.4 Å². The first-order valence-electron chi connectivity index (χ1n) is 8.15. The van der Waals surface area contributed by atoms with Crippen LogP contribution in [0.5, 0.6) is 5.75 Å². The standard InChI is InChI=1S/C18H25NO4/c1-12(2)23-18(21)17(15-6-4-5-7-16(15)20)19-13-8-10-14(22-3)11-9-13/h8-12,15,17,19H,4-7H2,1-3H3. The molecule has 126 valence electrons. The summed E-state index contributed by atoms with van der Waals surface area (Å²) in [6.07, 6.45) is 2.93. The predicted octanol–water partition coefficient (Wildman–Crippen LogP) is 3.19. The monoisotopic (exact) mass is 319 g/mol. The summed E-state index contributed by atoms with van der Waals surface area (Å²) in [6.45, 7) is 3.62. The highest BCUT2D eigenvalue weighted by atomic mass is 16.5. The molecular formula is C18H25NO4. The fourth-order valence-corrected chi connectivity index (χ4v) is 2.86. The van der Waals surface area contributed by atoms with Gasteiger partial charge in [0.15, 0.2) is 0 Å². The molecule has 5 nitrogen and oxygen atoms in total. The van der Waals surface area contributed by atoms with E-state index in [0.717, 1.165) is 30.7 Å². The SMILES string of the molecule is COc1ccc(NC(C(=O)OC(C)C)C2CCCCC2=O)cc1. The van der Waals surface area contributed by atoms with E-state index in [2.05, 4.69) is 5.32 Å². The highest BCUT2D eigenvalue weighted by molar-refractivity contribution is 5.91. The number of anilines is 1. The molecule has 0 heterocycles. The van der Waals surface area contributed by atoms with Gasteiger partial charge < -0.3 is 14.8 Å². The Morgan fingerprint density at radius 2 is 1.91 bits per heavy atom. The first-order valence-corrected chi connectivity index (χ1v) is 8.15. The predicted molar refractivity (Wildman–Crippen MR) is 88.6 cm³/mol. The Morgan fingerprint density at radius 3 is 2.48 bits per heavy atom. The van der Waals surface area contributed by atoms with Crippen molar-refractivity contribution < 1.29 is 19.1 Å². The topological polar surface area (TPSA) is 64.6 Å². The molecule has 1 aromatic carbocycles. The Balaban J connectivity index is 2.17. The molecule has 1 saturated carbocycles. The number of rotatable bonds is 6. The number of hydrogen-bond donors (Lipinski definition) is 1. The number of nitrogens with one attached hydrogen (secondary N) is 1. The fraction of sp³-hybridized carbons (Fsp3) is 0.556. The van der Waals surface area contributed by atoms with E-state index in [1.807, 2.05) is 38.1 Å². The summed E-state index contributed by atoms with van der Waals surface area (Å²) in [5, 5.41) is 3.18. The number of carbonyl (C=O) groups is 2. The van der Waals surface area contributed by atoms with Crippen molar-refractivity contribution in [2.24, 2.45) is 5.92 Å². The molecule has 1 N–H and O–H groups in total. The molecule has 2 atom stereocenters. The molecule has 0 radical (unpaired) electrons. The molecule has 0 spiro atoms. The van der Waals surface area contributed by atoms with Crippen molar-refractivity contribution in [3.05, 3.63) is 24.3 Å². The third kappa shape index (κ3) is 4.71. The largest absolute Gasteiger partial charge is 0.497 e. The van der Waals surface area contributed by atoms with Gasteiger partial charge in [-0.15, -0.1) is 0 Å². The Kier molecular flexibility index (Phi) is 6.02.